The maximum Gasteiger partial charge on any atom is 0.251 e. The SMILES string of the molecule is COc1ccccc1-c1nnc(CN2CCC(CO)C2)o1. The van der Waals surface area contributed by atoms with Crippen molar-refractivity contribution < 1.29 is 14.3 Å². The standard InChI is InChI=1S/C15H19N3O3/c1-20-13-5-3-2-4-12(13)15-17-16-14(21-15)9-18-7-6-11(8-18)10-19/h2-5,11,19H,6-10H2,1H3. The first-order chi connectivity index (χ1) is 10.3. The number of ether oxygens (including phenoxy) is 1. The lowest BCUT2D eigenvalue weighted by atomic mass is 10.1. The van der Waals surface area contributed by atoms with Crippen molar-refractivity contribution in [3.8, 4) is 17.2 Å². The van der Waals surface area contributed by atoms with Gasteiger partial charge in [0.15, 0.2) is 0 Å². The number of aliphatic hydroxyl groups excluding tert-OH is 1. The molecule has 2 heterocycles. The number of aromatic nitrogens is 2. The summed E-state index contributed by atoms with van der Waals surface area (Å²) < 4.78 is 11.0. The molecular weight excluding hydrogens is 270 g/mol. The Morgan fingerprint density at radius 3 is 3.00 bits per heavy atom. The molecule has 0 aliphatic carbocycles. The summed E-state index contributed by atoms with van der Waals surface area (Å²) in [6.45, 7) is 2.70. The molecule has 1 saturated heterocycles. The Morgan fingerprint density at radius 1 is 1.38 bits per heavy atom. The van der Waals surface area contributed by atoms with Gasteiger partial charge in [-0.1, -0.05) is 12.1 Å². The van der Waals surface area contributed by atoms with Crippen LogP contribution in [-0.2, 0) is 6.54 Å². The second-order valence-corrected chi connectivity index (χ2v) is 5.27. The van der Waals surface area contributed by atoms with E-state index in [-0.39, 0.29) is 6.61 Å². The number of rotatable bonds is 5. The van der Waals surface area contributed by atoms with Crippen LogP contribution in [0.1, 0.15) is 12.3 Å². The van der Waals surface area contributed by atoms with Gasteiger partial charge in [0, 0.05) is 13.2 Å². The Morgan fingerprint density at radius 2 is 2.24 bits per heavy atom. The van der Waals surface area contributed by atoms with Gasteiger partial charge in [0.2, 0.25) is 5.89 Å². The molecule has 21 heavy (non-hydrogen) atoms. The molecule has 1 fully saturated rings. The van der Waals surface area contributed by atoms with E-state index in [9.17, 15) is 0 Å². The molecule has 112 valence electrons. The first-order valence-electron chi connectivity index (χ1n) is 7.09. The lowest BCUT2D eigenvalue weighted by molar-refractivity contribution is 0.215. The van der Waals surface area contributed by atoms with Crippen LogP contribution in [-0.4, -0.2) is 47.0 Å². The number of hydrogen-bond acceptors (Lipinski definition) is 6. The van der Waals surface area contributed by atoms with Crippen LogP contribution in [0.4, 0.5) is 0 Å². The van der Waals surface area contributed by atoms with Crippen molar-refractivity contribution in [3.05, 3.63) is 30.2 Å². The van der Waals surface area contributed by atoms with E-state index in [2.05, 4.69) is 15.1 Å². The largest absolute Gasteiger partial charge is 0.496 e. The van der Waals surface area contributed by atoms with E-state index in [0.29, 0.717) is 30.0 Å². The molecule has 2 aromatic rings. The zero-order valence-corrected chi connectivity index (χ0v) is 12.0. The molecule has 1 aliphatic heterocycles. The van der Waals surface area contributed by atoms with Gasteiger partial charge < -0.3 is 14.3 Å². The highest BCUT2D eigenvalue weighted by molar-refractivity contribution is 5.62. The Labute approximate surface area is 123 Å². The van der Waals surface area contributed by atoms with Crippen LogP contribution < -0.4 is 4.74 Å². The number of nitrogens with zero attached hydrogens (tertiary/aromatic N) is 3. The van der Waals surface area contributed by atoms with Crippen LogP contribution >= 0.6 is 0 Å². The number of likely N-dealkylation sites (tertiary alicyclic amines) is 1. The minimum atomic E-state index is 0.243. The molecule has 1 unspecified atom stereocenters. The molecule has 6 heteroatoms. The molecule has 3 rings (SSSR count). The monoisotopic (exact) mass is 289 g/mol. The quantitative estimate of drug-likeness (QED) is 0.900. The number of methoxy groups -OCH3 is 1. The van der Waals surface area contributed by atoms with Crippen molar-refractivity contribution >= 4 is 0 Å². The normalized spacial score (nSPS) is 19.0. The molecule has 0 radical (unpaired) electrons. The van der Waals surface area contributed by atoms with Crippen molar-refractivity contribution in [2.75, 3.05) is 26.8 Å². The van der Waals surface area contributed by atoms with E-state index < -0.39 is 0 Å². The lowest BCUT2D eigenvalue weighted by Crippen LogP contribution is -2.21. The van der Waals surface area contributed by atoms with Crippen molar-refractivity contribution in [1.29, 1.82) is 0 Å². The highest BCUT2D eigenvalue weighted by Gasteiger charge is 2.23. The molecule has 1 aliphatic rings. The predicted octanol–water partition coefficient (Wildman–Crippen LogP) is 1.56. The second kappa shape index (κ2) is 6.24. The van der Waals surface area contributed by atoms with Crippen LogP contribution in [0.3, 0.4) is 0 Å². The predicted molar refractivity (Wildman–Crippen MR) is 76.8 cm³/mol. The summed E-state index contributed by atoms with van der Waals surface area (Å²) in [7, 11) is 1.62. The number of hydrogen-bond donors (Lipinski definition) is 1. The average Bonchev–Trinajstić information content (AvgIpc) is 3.17. The summed E-state index contributed by atoms with van der Waals surface area (Å²) in [6, 6.07) is 7.58. The van der Waals surface area contributed by atoms with Crippen molar-refractivity contribution in [2.45, 2.75) is 13.0 Å². The first kappa shape index (κ1) is 14.0. The molecule has 1 aromatic heterocycles. The van der Waals surface area contributed by atoms with Crippen LogP contribution in [0.5, 0.6) is 5.75 Å². The number of para-hydroxylation sites is 1. The smallest absolute Gasteiger partial charge is 0.251 e. The molecule has 0 bridgehead atoms. The second-order valence-electron chi connectivity index (χ2n) is 5.27. The number of benzene rings is 1. The maximum atomic E-state index is 9.17. The molecule has 1 N–H and O–H groups in total. The summed E-state index contributed by atoms with van der Waals surface area (Å²) in [6.07, 6.45) is 1.02. The van der Waals surface area contributed by atoms with Crippen molar-refractivity contribution in [3.63, 3.8) is 0 Å². The highest BCUT2D eigenvalue weighted by Crippen LogP contribution is 2.28. The van der Waals surface area contributed by atoms with Gasteiger partial charge >= 0.3 is 0 Å². The zero-order chi connectivity index (χ0) is 14.7. The van der Waals surface area contributed by atoms with E-state index in [1.807, 2.05) is 24.3 Å². The van der Waals surface area contributed by atoms with E-state index >= 15 is 0 Å². The van der Waals surface area contributed by atoms with Crippen LogP contribution in [0, 0.1) is 5.92 Å². The zero-order valence-electron chi connectivity index (χ0n) is 12.0. The van der Waals surface area contributed by atoms with E-state index in [1.165, 1.54) is 0 Å². The molecular formula is C15H19N3O3. The van der Waals surface area contributed by atoms with Gasteiger partial charge in [-0.15, -0.1) is 10.2 Å². The van der Waals surface area contributed by atoms with E-state index in [1.54, 1.807) is 7.11 Å². The third-order valence-electron chi connectivity index (χ3n) is 3.79. The van der Waals surface area contributed by atoms with Gasteiger partial charge in [0.05, 0.1) is 19.2 Å². The maximum absolute atomic E-state index is 9.17. The molecule has 1 aromatic carbocycles. The van der Waals surface area contributed by atoms with Gasteiger partial charge in [0.1, 0.15) is 5.75 Å². The summed E-state index contributed by atoms with van der Waals surface area (Å²) >= 11 is 0. The minimum Gasteiger partial charge on any atom is -0.496 e. The van der Waals surface area contributed by atoms with Gasteiger partial charge in [-0.05, 0) is 31.0 Å². The Kier molecular flexibility index (Phi) is 4.17. The van der Waals surface area contributed by atoms with E-state index in [4.69, 9.17) is 14.3 Å². The molecule has 0 amide bonds. The minimum absolute atomic E-state index is 0.243. The molecule has 1 atom stereocenters. The first-order valence-corrected chi connectivity index (χ1v) is 7.09. The Hall–Kier alpha value is -1.92. The van der Waals surface area contributed by atoms with Crippen molar-refractivity contribution in [1.82, 2.24) is 15.1 Å². The third-order valence-corrected chi connectivity index (χ3v) is 3.79. The average molecular weight is 289 g/mol. The van der Waals surface area contributed by atoms with Crippen molar-refractivity contribution in [2.24, 2.45) is 5.92 Å². The fourth-order valence-electron chi connectivity index (χ4n) is 2.64. The Bertz CT molecular complexity index is 599. The summed E-state index contributed by atoms with van der Waals surface area (Å²) in [5.74, 6) is 2.14. The molecule has 0 spiro atoms. The van der Waals surface area contributed by atoms with E-state index in [0.717, 1.165) is 25.1 Å². The van der Waals surface area contributed by atoms with Gasteiger partial charge in [0.25, 0.3) is 5.89 Å². The fraction of sp³-hybridized carbons (Fsp3) is 0.467. The van der Waals surface area contributed by atoms with Crippen LogP contribution in [0.15, 0.2) is 28.7 Å². The highest BCUT2D eigenvalue weighted by atomic mass is 16.5. The molecule has 0 saturated carbocycles. The topological polar surface area (TPSA) is 71.6 Å². The van der Waals surface area contributed by atoms with Gasteiger partial charge in [-0.3, -0.25) is 4.90 Å². The summed E-state index contributed by atoms with van der Waals surface area (Å²) in [4.78, 5) is 2.22. The molecule has 6 nitrogen and oxygen atoms in total. The fourth-order valence-corrected chi connectivity index (χ4v) is 2.64. The summed E-state index contributed by atoms with van der Waals surface area (Å²) in [5.41, 5.74) is 0.799. The summed E-state index contributed by atoms with van der Waals surface area (Å²) in [5, 5.41) is 17.4. The number of aliphatic hydroxyl groups is 1. The lowest BCUT2D eigenvalue weighted by Gasteiger charge is -2.12. The van der Waals surface area contributed by atoms with Gasteiger partial charge in [-0.2, -0.15) is 0 Å². The Balaban J connectivity index is 1.72. The van der Waals surface area contributed by atoms with Gasteiger partial charge in [-0.25, -0.2) is 0 Å². The third kappa shape index (κ3) is 3.06. The van der Waals surface area contributed by atoms with Crippen LogP contribution in [0.2, 0.25) is 0 Å². The van der Waals surface area contributed by atoms with Crippen LogP contribution in [0.25, 0.3) is 11.5 Å².